The molecule has 0 spiro atoms. The van der Waals surface area contributed by atoms with Crippen molar-refractivity contribution in [1.29, 1.82) is 0 Å². The lowest BCUT2D eigenvalue weighted by Gasteiger charge is -2.16. The van der Waals surface area contributed by atoms with Crippen LogP contribution in [0, 0.1) is 0 Å². The quantitative estimate of drug-likeness (QED) is 0.555. The van der Waals surface area contributed by atoms with Crippen molar-refractivity contribution in [2.45, 2.75) is 39.0 Å². The van der Waals surface area contributed by atoms with Crippen molar-refractivity contribution in [3.8, 4) is 0 Å². The standard InChI is InChI=1S/C8H13BF3O2/c1-3-4-7(8(10,11)12)5-6(2)14-9-13/h4,6,13H,3,5H2,1-2H3/b7-4+. The zero-order chi connectivity index (χ0) is 11.2. The monoisotopic (exact) mass is 209 g/mol. The third kappa shape index (κ3) is 5.29. The Morgan fingerprint density at radius 1 is 1.57 bits per heavy atom. The van der Waals surface area contributed by atoms with Gasteiger partial charge in [-0.1, -0.05) is 13.0 Å². The highest BCUT2D eigenvalue weighted by Crippen LogP contribution is 2.29. The molecule has 0 rings (SSSR count). The molecule has 0 aromatic carbocycles. The summed E-state index contributed by atoms with van der Waals surface area (Å²) in [7, 11) is 0.407. The highest BCUT2D eigenvalue weighted by atomic mass is 19.4. The van der Waals surface area contributed by atoms with Gasteiger partial charge < -0.3 is 9.68 Å². The summed E-state index contributed by atoms with van der Waals surface area (Å²) < 4.78 is 41.4. The van der Waals surface area contributed by atoms with Gasteiger partial charge in [0.25, 0.3) is 0 Å². The second kappa shape index (κ2) is 6.08. The summed E-state index contributed by atoms with van der Waals surface area (Å²) in [6.07, 6.45) is -3.81. The Morgan fingerprint density at radius 2 is 2.14 bits per heavy atom. The van der Waals surface area contributed by atoms with Gasteiger partial charge in [0.05, 0.1) is 0 Å². The zero-order valence-electron chi connectivity index (χ0n) is 8.14. The third-order valence-corrected chi connectivity index (χ3v) is 1.62. The third-order valence-electron chi connectivity index (χ3n) is 1.62. The van der Waals surface area contributed by atoms with Crippen molar-refractivity contribution in [2.75, 3.05) is 0 Å². The van der Waals surface area contributed by atoms with Crippen molar-refractivity contribution < 1.29 is 22.8 Å². The summed E-state index contributed by atoms with van der Waals surface area (Å²) in [5.41, 5.74) is -0.616. The first-order chi connectivity index (χ1) is 6.41. The summed E-state index contributed by atoms with van der Waals surface area (Å²) in [5.74, 6) is 0. The van der Waals surface area contributed by atoms with E-state index in [1.807, 2.05) is 0 Å². The second-order valence-corrected chi connectivity index (χ2v) is 2.89. The van der Waals surface area contributed by atoms with Crippen LogP contribution in [0.15, 0.2) is 11.6 Å². The van der Waals surface area contributed by atoms with E-state index in [9.17, 15) is 13.2 Å². The number of hydrogen-bond donors (Lipinski definition) is 1. The molecule has 0 saturated carbocycles. The van der Waals surface area contributed by atoms with Crippen molar-refractivity contribution >= 4 is 7.69 Å². The highest BCUT2D eigenvalue weighted by molar-refractivity contribution is 6.15. The molecule has 6 heteroatoms. The molecule has 0 saturated heterocycles. The molecule has 0 aliphatic heterocycles. The van der Waals surface area contributed by atoms with E-state index in [4.69, 9.17) is 5.02 Å². The van der Waals surface area contributed by atoms with Gasteiger partial charge in [-0.15, -0.1) is 0 Å². The average molecular weight is 209 g/mol. The topological polar surface area (TPSA) is 29.5 Å². The van der Waals surface area contributed by atoms with E-state index >= 15 is 0 Å². The van der Waals surface area contributed by atoms with Gasteiger partial charge in [-0.2, -0.15) is 13.2 Å². The van der Waals surface area contributed by atoms with E-state index in [2.05, 4.69) is 4.65 Å². The fourth-order valence-corrected chi connectivity index (χ4v) is 1.02. The summed E-state index contributed by atoms with van der Waals surface area (Å²) >= 11 is 0. The number of allylic oxidation sites excluding steroid dienone is 1. The summed E-state index contributed by atoms with van der Waals surface area (Å²) in [6, 6.07) is 0. The lowest BCUT2D eigenvalue weighted by molar-refractivity contribution is -0.0966. The van der Waals surface area contributed by atoms with Crippen LogP contribution in [0.5, 0.6) is 0 Å². The predicted molar refractivity (Wildman–Crippen MR) is 47.6 cm³/mol. The normalized spacial score (nSPS) is 15.4. The molecule has 81 valence electrons. The number of halogens is 3. The van der Waals surface area contributed by atoms with Crippen molar-refractivity contribution in [2.24, 2.45) is 0 Å². The second-order valence-electron chi connectivity index (χ2n) is 2.89. The van der Waals surface area contributed by atoms with Gasteiger partial charge in [0.2, 0.25) is 0 Å². The molecule has 0 aromatic heterocycles. The Hall–Kier alpha value is -0.485. The van der Waals surface area contributed by atoms with E-state index in [0.29, 0.717) is 14.1 Å². The molecule has 1 radical (unpaired) electrons. The Kier molecular flexibility index (Phi) is 5.87. The lowest BCUT2D eigenvalue weighted by atomic mass is 10.1. The Bertz CT molecular complexity index is 192. The van der Waals surface area contributed by atoms with Crippen LogP contribution in [-0.2, 0) is 4.65 Å². The lowest BCUT2D eigenvalue weighted by Crippen LogP contribution is -2.19. The van der Waals surface area contributed by atoms with Crippen molar-refractivity contribution in [3.63, 3.8) is 0 Å². The Morgan fingerprint density at radius 3 is 2.50 bits per heavy atom. The fourth-order valence-electron chi connectivity index (χ4n) is 1.02. The van der Waals surface area contributed by atoms with Crippen LogP contribution in [0.1, 0.15) is 26.7 Å². The molecular formula is C8H13BF3O2. The SMILES string of the molecule is CC/C=C(\CC(C)O[B]O)C(F)(F)F. The van der Waals surface area contributed by atoms with E-state index in [1.54, 1.807) is 6.92 Å². The Balaban J connectivity index is 4.32. The zero-order valence-corrected chi connectivity index (χ0v) is 8.14. The van der Waals surface area contributed by atoms with Crippen LogP contribution in [0.4, 0.5) is 13.2 Å². The van der Waals surface area contributed by atoms with Gasteiger partial charge in [-0.25, -0.2) is 0 Å². The van der Waals surface area contributed by atoms with Crippen LogP contribution < -0.4 is 0 Å². The maximum Gasteiger partial charge on any atom is 0.485 e. The summed E-state index contributed by atoms with van der Waals surface area (Å²) in [6.45, 7) is 3.09. The predicted octanol–water partition coefficient (Wildman–Crippen LogP) is 2.21. The van der Waals surface area contributed by atoms with Gasteiger partial charge in [0, 0.05) is 18.1 Å². The van der Waals surface area contributed by atoms with Crippen molar-refractivity contribution in [3.05, 3.63) is 11.6 Å². The van der Waals surface area contributed by atoms with Crippen molar-refractivity contribution in [1.82, 2.24) is 0 Å². The molecule has 14 heavy (non-hydrogen) atoms. The largest absolute Gasteiger partial charge is 0.485 e. The molecule has 2 nitrogen and oxygen atoms in total. The van der Waals surface area contributed by atoms with Gasteiger partial charge in [-0.3, -0.25) is 0 Å². The van der Waals surface area contributed by atoms with Crippen LogP contribution in [-0.4, -0.2) is 25.0 Å². The molecular weight excluding hydrogens is 196 g/mol. The molecule has 0 heterocycles. The van der Waals surface area contributed by atoms with Gasteiger partial charge in [0.1, 0.15) is 0 Å². The molecule has 0 aromatic rings. The van der Waals surface area contributed by atoms with E-state index in [0.717, 1.165) is 6.08 Å². The molecule has 1 atom stereocenters. The van der Waals surface area contributed by atoms with Gasteiger partial charge in [-0.05, 0) is 13.3 Å². The van der Waals surface area contributed by atoms with Crippen LogP contribution >= 0.6 is 0 Å². The maximum atomic E-state index is 12.3. The minimum absolute atomic E-state index is 0.256. The molecule has 0 aliphatic carbocycles. The fraction of sp³-hybridized carbons (Fsp3) is 0.750. The molecule has 0 aliphatic rings. The number of hydrogen-bond acceptors (Lipinski definition) is 2. The Labute approximate surface area is 82.1 Å². The molecule has 0 fully saturated rings. The summed E-state index contributed by atoms with van der Waals surface area (Å²) in [5, 5.41) is 8.23. The molecule has 0 bridgehead atoms. The number of rotatable bonds is 5. The smallest absolute Gasteiger partial charge is 0.429 e. The molecule has 0 amide bonds. The first-order valence-corrected chi connectivity index (χ1v) is 4.29. The molecule has 1 unspecified atom stereocenters. The van der Waals surface area contributed by atoms with Crippen LogP contribution in [0.2, 0.25) is 0 Å². The van der Waals surface area contributed by atoms with Crippen LogP contribution in [0.25, 0.3) is 0 Å². The van der Waals surface area contributed by atoms with Gasteiger partial charge >= 0.3 is 13.9 Å². The molecule has 1 N–H and O–H groups in total. The summed E-state index contributed by atoms with van der Waals surface area (Å²) in [4.78, 5) is 0. The first kappa shape index (κ1) is 13.5. The minimum atomic E-state index is -4.32. The van der Waals surface area contributed by atoms with E-state index < -0.39 is 17.9 Å². The maximum absolute atomic E-state index is 12.3. The van der Waals surface area contributed by atoms with E-state index in [1.165, 1.54) is 6.92 Å². The van der Waals surface area contributed by atoms with Crippen LogP contribution in [0.3, 0.4) is 0 Å². The number of alkyl halides is 3. The van der Waals surface area contributed by atoms with E-state index in [-0.39, 0.29) is 6.42 Å². The first-order valence-electron chi connectivity index (χ1n) is 4.29. The average Bonchev–Trinajstić information content (AvgIpc) is 2.02. The highest BCUT2D eigenvalue weighted by Gasteiger charge is 2.33. The van der Waals surface area contributed by atoms with Gasteiger partial charge in [0.15, 0.2) is 0 Å². The minimum Gasteiger partial charge on any atom is -0.429 e.